The summed E-state index contributed by atoms with van der Waals surface area (Å²) < 4.78 is 5.88. The van der Waals surface area contributed by atoms with E-state index in [2.05, 4.69) is 64.3 Å². The largest absolute Gasteiger partial charge is 0.491 e. The Kier molecular flexibility index (Phi) is 5.32. The van der Waals surface area contributed by atoms with Crippen LogP contribution in [0.3, 0.4) is 0 Å². The fraction of sp³-hybridized carbons (Fsp3) is 0.684. The SMILES string of the molecule is CNCC1CCC(C)(C)CC1c1cccc(OC(C)C)c1. The van der Waals surface area contributed by atoms with E-state index in [1.54, 1.807) is 0 Å². The maximum atomic E-state index is 5.88. The third kappa shape index (κ3) is 4.47. The van der Waals surface area contributed by atoms with Crippen molar-refractivity contribution in [1.82, 2.24) is 5.32 Å². The maximum Gasteiger partial charge on any atom is 0.119 e. The van der Waals surface area contributed by atoms with Gasteiger partial charge in [-0.15, -0.1) is 0 Å². The Labute approximate surface area is 130 Å². The van der Waals surface area contributed by atoms with E-state index in [0.29, 0.717) is 11.3 Å². The highest BCUT2D eigenvalue weighted by atomic mass is 16.5. The van der Waals surface area contributed by atoms with Gasteiger partial charge in [-0.05, 0) is 81.6 Å². The fourth-order valence-electron chi connectivity index (χ4n) is 3.63. The fourth-order valence-corrected chi connectivity index (χ4v) is 3.63. The Morgan fingerprint density at radius 3 is 2.76 bits per heavy atom. The second-order valence-electron chi connectivity index (χ2n) is 7.57. The molecule has 0 heterocycles. The third-order valence-corrected chi connectivity index (χ3v) is 4.66. The second kappa shape index (κ2) is 6.83. The summed E-state index contributed by atoms with van der Waals surface area (Å²) >= 11 is 0. The summed E-state index contributed by atoms with van der Waals surface area (Å²) in [7, 11) is 2.06. The Morgan fingerprint density at radius 2 is 2.10 bits per heavy atom. The van der Waals surface area contributed by atoms with Gasteiger partial charge >= 0.3 is 0 Å². The van der Waals surface area contributed by atoms with Gasteiger partial charge in [-0.25, -0.2) is 0 Å². The van der Waals surface area contributed by atoms with Gasteiger partial charge in [0.15, 0.2) is 0 Å². The van der Waals surface area contributed by atoms with Gasteiger partial charge in [0.25, 0.3) is 0 Å². The molecular weight excluding hydrogens is 258 g/mol. The van der Waals surface area contributed by atoms with Crippen LogP contribution in [-0.4, -0.2) is 19.7 Å². The number of benzene rings is 1. The van der Waals surface area contributed by atoms with E-state index < -0.39 is 0 Å². The molecule has 2 rings (SSSR count). The van der Waals surface area contributed by atoms with E-state index in [1.807, 2.05) is 0 Å². The molecule has 2 atom stereocenters. The van der Waals surface area contributed by atoms with Gasteiger partial charge in [0, 0.05) is 0 Å². The van der Waals surface area contributed by atoms with Crippen LogP contribution in [0.2, 0.25) is 0 Å². The van der Waals surface area contributed by atoms with Crippen LogP contribution in [0.25, 0.3) is 0 Å². The lowest BCUT2D eigenvalue weighted by molar-refractivity contribution is 0.160. The molecule has 0 bridgehead atoms. The van der Waals surface area contributed by atoms with Gasteiger partial charge in [0.1, 0.15) is 5.75 Å². The van der Waals surface area contributed by atoms with E-state index >= 15 is 0 Å². The van der Waals surface area contributed by atoms with E-state index in [4.69, 9.17) is 4.74 Å². The highest BCUT2D eigenvalue weighted by Gasteiger charge is 2.35. The van der Waals surface area contributed by atoms with Gasteiger partial charge in [0.2, 0.25) is 0 Å². The Hall–Kier alpha value is -1.02. The van der Waals surface area contributed by atoms with Crippen molar-refractivity contribution in [1.29, 1.82) is 0 Å². The molecule has 21 heavy (non-hydrogen) atoms. The first-order chi connectivity index (χ1) is 9.91. The lowest BCUT2D eigenvalue weighted by Gasteiger charge is -2.41. The minimum absolute atomic E-state index is 0.233. The Balaban J connectivity index is 2.22. The first kappa shape index (κ1) is 16.4. The van der Waals surface area contributed by atoms with E-state index in [-0.39, 0.29) is 6.10 Å². The van der Waals surface area contributed by atoms with E-state index in [0.717, 1.165) is 18.2 Å². The van der Waals surface area contributed by atoms with Crippen LogP contribution in [-0.2, 0) is 0 Å². The van der Waals surface area contributed by atoms with Crippen LogP contribution < -0.4 is 10.1 Å². The van der Waals surface area contributed by atoms with Crippen LogP contribution >= 0.6 is 0 Å². The Morgan fingerprint density at radius 1 is 1.33 bits per heavy atom. The molecule has 0 amide bonds. The molecule has 0 radical (unpaired) electrons. The smallest absolute Gasteiger partial charge is 0.119 e. The highest BCUT2D eigenvalue weighted by Crippen LogP contribution is 2.46. The van der Waals surface area contributed by atoms with Gasteiger partial charge in [-0.3, -0.25) is 0 Å². The quantitative estimate of drug-likeness (QED) is 0.855. The summed E-state index contributed by atoms with van der Waals surface area (Å²) in [4.78, 5) is 0. The summed E-state index contributed by atoms with van der Waals surface area (Å²) in [5.41, 5.74) is 1.89. The van der Waals surface area contributed by atoms with Gasteiger partial charge in [-0.2, -0.15) is 0 Å². The molecule has 2 heteroatoms. The minimum Gasteiger partial charge on any atom is -0.491 e. The van der Waals surface area contributed by atoms with Crippen LogP contribution in [0.15, 0.2) is 24.3 Å². The number of nitrogens with one attached hydrogen (secondary N) is 1. The third-order valence-electron chi connectivity index (χ3n) is 4.66. The zero-order valence-corrected chi connectivity index (χ0v) is 14.3. The Bertz CT molecular complexity index is 453. The van der Waals surface area contributed by atoms with Crippen molar-refractivity contribution in [2.24, 2.45) is 11.3 Å². The van der Waals surface area contributed by atoms with Gasteiger partial charge in [0.05, 0.1) is 6.10 Å². The molecule has 118 valence electrons. The first-order valence-electron chi connectivity index (χ1n) is 8.32. The first-order valence-corrected chi connectivity index (χ1v) is 8.32. The van der Waals surface area contributed by atoms with Crippen molar-refractivity contribution in [3.8, 4) is 5.75 Å². The average molecular weight is 289 g/mol. The zero-order valence-electron chi connectivity index (χ0n) is 14.3. The summed E-state index contributed by atoms with van der Waals surface area (Å²) in [6.07, 6.45) is 4.15. The van der Waals surface area contributed by atoms with Crippen molar-refractivity contribution in [3.63, 3.8) is 0 Å². The van der Waals surface area contributed by atoms with E-state index in [1.165, 1.54) is 24.8 Å². The number of ether oxygens (including phenoxy) is 1. The molecule has 1 aromatic rings. The topological polar surface area (TPSA) is 21.3 Å². The van der Waals surface area contributed by atoms with Crippen molar-refractivity contribution >= 4 is 0 Å². The lowest BCUT2D eigenvalue weighted by atomic mass is 9.65. The summed E-state index contributed by atoms with van der Waals surface area (Å²) in [6, 6.07) is 8.76. The molecule has 1 aromatic carbocycles. The van der Waals surface area contributed by atoms with Crippen molar-refractivity contribution < 1.29 is 4.74 Å². The second-order valence-corrected chi connectivity index (χ2v) is 7.57. The molecule has 2 unspecified atom stereocenters. The van der Waals surface area contributed by atoms with Crippen molar-refractivity contribution in [2.75, 3.05) is 13.6 Å². The molecule has 0 spiro atoms. The van der Waals surface area contributed by atoms with Gasteiger partial charge < -0.3 is 10.1 Å². The van der Waals surface area contributed by atoms with Crippen LogP contribution in [0.4, 0.5) is 0 Å². The predicted molar refractivity (Wildman–Crippen MR) is 90.0 cm³/mol. The number of hydrogen-bond acceptors (Lipinski definition) is 2. The number of rotatable bonds is 5. The molecule has 1 saturated carbocycles. The minimum atomic E-state index is 0.233. The monoisotopic (exact) mass is 289 g/mol. The molecule has 1 fully saturated rings. The number of hydrogen-bond donors (Lipinski definition) is 1. The van der Waals surface area contributed by atoms with Crippen LogP contribution in [0, 0.1) is 11.3 Å². The van der Waals surface area contributed by atoms with Crippen molar-refractivity contribution in [3.05, 3.63) is 29.8 Å². The molecule has 1 aliphatic rings. The molecule has 0 saturated heterocycles. The van der Waals surface area contributed by atoms with Crippen molar-refractivity contribution in [2.45, 2.75) is 59.0 Å². The highest BCUT2D eigenvalue weighted by molar-refractivity contribution is 5.32. The van der Waals surface area contributed by atoms with Crippen LogP contribution in [0.5, 0.6) is 5.75 Å². The summed E-state index contributed by atoms with van der Waals surface area (Å²) in [5, 5.41) is 3.38. The lowest BCUT2D eigenvalue weighted by Crippen LogP contribution is -2.33. The van der Waals surface area contributed by atoms with E-state index in [9.17, 15) is 0 Å². The maximum absolute atomic E-state index is 5.88. The predicted octanol–water partition coefficient (Wildman–Crippen LogP) is 4.60. The molecule has 0 aromatic heterocycles. The zero-order chi connectivity index (χ0) is 15.5. The molecule has 1 N–H and O–H groups in total. The summed E-state index contributed by atoms with van der Waals surface area (Å²) in [6.45, 7) is 10.1. The molecular formula is C19H31NO. The molecule has 1 aliphatic carbocycles. The summed E-state index contributed by atoms with van der Waals surface area (Å²) in [5.74, 6) is 2.38. The average Bonchev–Trinajstić information content (AvgIpc) is 2.40. The molecule has 0 aliphatic heterocycles. The normalized spacial score (nSPS) is 25.0. The standard InChI is InChI=1S/C19H31NO/c1-14(2)21-17-8-6-7-15(11-17)18-12-19(3,4)10-9-16(18)13-20-5/h6-8,11,14,16,18,20H,9-10,12-13H2,1-5H3. The van der Waals surface area contributed by atoms with Gasteiger partial charge in [-0.1, -0.05) is 26.0 Å². The molecule has 2 nitrogen and oxygen atoms in total. The van der Waals surface area contributed by atoms with Crippen LogP contribution in [0.1, 0.15) is 58.4 Å².